The smallest absolute Gasteiger partial charge is 0.306 e. The van der Waals surface area contributed by atoms with E-state index in [1.807, 2.05) is 6.92 Å². The number of rotatable bonds is 4. The number of cyclic esters (lactones) is 1. The summed E-state index contributed by atoms with van der Waals surface area (Å²) in [5.41, 5.74) is -0.185. The number of carbonyl (C=O) groups is 1. The zero-order valence-corrected chi connectivity index (χ0v) is 8.51. The summed E-state index contributed by atoms with van der Waals surface area (Å²) in [4.78, 5) is 10.9. The second-order valence-corrected chi connectivity index (χ2v) is 3.84. The van der Waals surface area contributed by atoms with Gasteiger partial charge < -0.3 is 4.74 Å². The van der Waals surface area contributed by atoms with Crippen LogP contribution in [0.15, 0.2) is 12.2 Å². The van der Waals surface area contributed by atoms with E-state index in [-0.39, 0.29) is 11.6 Å². The Morgan fingerprint density at radius 2 is 2.31 bits per heavy atom. The second kappa shape index (κ2) is 4.45. The quantitative estimate of drug-likeness (QED) is 0.493. The molecule has 0 spiro atoms. The van der Waals surface area contributed by atoms with Gasteiger partial charge >= 0.3 is 5.97 Å². The summed E-state index contributed by atoms with van der Waals surface area (Å²) in [6.07, 6.45) is 8.83. The molecule has 13 heavy (non-hydrogen) atoms. The van der Waals surface area contributed by atoms with Gasteiger partial charge in [0.1, 0.15) is 5.60 Å². The van der Waals surface area contributed by atoms with Gasteiger partial charge in [-0.25, -0.2) is 0 Å². The van der Waals surface area contributed by atoms with Crippen molar-refractivity contribution in [3.8, 4) is 0 Å². The van der Waals surface area contributed by atoms with Crippen LogP contribution in [0.4, 0.5) is 0 Å². The summed E-state index contributed by atoms with van der Waals surface area (Å²) >= 11 is 0. The molecule has 1 rings (SSSR count). The maximum absolute atomic E-state index is 10.9. The SMILES string of the molecule is CC/C=C/CC[C@@]1(C)CCC(=O)O1. The Bertz CT molecular complexity index is 208. The van der Waals surface area contributed by atoms with Crippen molar-refractivity contribution in [3.05, 3.63) is 12.2 Å². The second-order valence-electron chi connectivity index (χ2n) is 3.84. The Balaban J connectivity index is 2.27. The van der Waals surface area contributed by atoms with E-state index < -0.39 is 0 Å². The zero-order chi connectivity index (χ0) is 9.73. The molecular weight excluding hydrogens is 164 g/mol. The van der Waals surface area contributed by atoms with Gasteiger partial charge in [0.25, 0.3) is 0 Å². The average Bonchev–Trinajstić information content (AvgIpc) is 2.41. The highest BCUT2D eigenvalue weighted by Crippen LogP contribution is 2.30. The van der Waals surface area contributed by atoms with Crippen molar-refractivity contribution < 1.29 is 9.53 Å². The molecule has 0 aromatic heterocycles. The monoisotopic (exact) mass is 182 g/mol. The molecule has 0 N–H and O–H groups in total. The number of hydrogen-bond donors (Lipinski definition) is 0. The molecule has 1 fully saturated rings. The lowest BCUT2D eigenvalue weighted by Crippen LogP contribution is -2.23. The van der Waals surface area contributed by atoms with Crippen molar-refractivity contribution in [2.45, 2.75) is 51.6 Å². The van der Waals surface area contributed by atoms with Crippen molar-refractivity contribution >= 4 is 5.97 Å². The third-order valence-electron chi connectivity index (χ3n) is 2.46. The van der Waals surface area contributed by atoms with E-state index in [9.17, 15) is 4.79 Å². The molecule has 0 aromatic rings. The van der Waals surface area contributed by atoms with Gasteiger partial charge in [0, 0.05) is 6.42 Å². The molecule has 1 aliphatic heterocycles. The number of allylic oxidation sites excluding steroid dienone is 2. The molecule has 0 radical (unpaired) electrons. The van der Waals surface area contributed by atoms with Crippen molar-refractivity contribution in [1.29, 1.82) is 0 Å². The molecule has 1 heterocycles. The molecule has 0 amide bonds. The summed E-state index contributed by atoms with van der Waals surface area (Å²) in [7, 11) is 0. The van der Waals surface area contributed by atoms with Crippen LogP contribution in [-0.2, 0) is 9.53 Å². The van der Waals surface area contributed by atoms with Crippen molar-refractivity contribution in [1.82, 2.24) is 0 Å². The van der Waals surface area contributed by atoms with Crippen molar-refractivity contribution in [2.24, 2.45) is 0 Å². The first-order valence-corrected chi connectivity index (χ1v) is 5.03. The summed E-state index contributed by atoms with van der Waals surface area (Å²) < 4.78 is 5.26. The predicted molar refractivity (Wildman–Crippen MR) is 52.4 cm³/mol. The molecule has 2 nitrogen and oxygen atoms in total. The fourth-order valence-corrected chi connectivity index (χ4v) is 1.59. The van der Waals surface area contributed by atoms with Crippen LogP contribution in [0.3, 0.4) is 0 Å². The normalized spacial score (nSPS) is 28.3. The van der Waals surface area contributed by atoms with Crippen LogP contribution in [0.1, 0.15) is 46.0 Å². The number of ether oxygens (including phenoxy) is 1. The Morgan fingerprint density at radius 1 is 1.54 bits per heavy atom. The number of esters is 1. The Kier molecular flexibility index (Phi) is 3.52. The minimum Gasteiger partial charge on any atom is -0.459 e. The number of carbonyl (C=O) groups excluding carboxylic acids is 1. The van der Waals surface area contributed by atoms with E-state index in [1.165, 1.54) is 0 Å². The van der Waals surface area contributed by atoms with Gasteiger partial charge in [-0.2, -0.15) is 0 Å². The first kappa shape index (κ1) is 10.3. The van der Waals surface area contributed by atoms with E-state index in [0.717, 1.165) is 25.7 Å². The lowest BCUT2D eigenvalue weighted by atomic mass is 9.96. The lowest BCUT2D eigenvalue weighted by Gasteiger charge is -2.21. The first-order valence-electron chi connectivity index (χ1n) is 5.03. The standard InChI is InChI=1S/C11H18O2/c1-3-4-5-6-8-11(2)9-7-10(12)13-11/h4-5H,3,6-9H2,1-2H3/b5-4+/t11-/m0/s1. The van der Waals surface area contributed by atoms with Gasteiger partial charge in [-0.05, 0) is 32.6 Å². The summed E-state index contributed by atoms with van der Waals surface area (Å²) in [5, 5.41) is 0. The third-order valence-corrected chi connectivity index (χ3v) is 2.46. The van der Waals surface area contributed by atoms with Crippen molar-refractivity contribution in [2.75, 3.05) is 0 Å². The van der Waals surface area contributed by atoms with Crippen LogP contribution >= 0.6 is 0 Å². The van der Waals surface area contributed by atoms with E-state index in [1.54, 1.807) is 0 Å². The highest BCUT2D eigenvalue weighted by Gasteiger charge is 2.34. The van der Waals surface area contributed by atoms with Crippen LogP contribution < -0.4 is 0 Å². The fourth-order valence-electron chi connectivity index (χ4n) is 1.59. The fraction of sp³-hybridized carbons (Fsp3) is 0.727. The molecule has 0 aliphatic carbocycles. The van der Waals surface area contributed by atoms with Gasteiger partial charge in [0.2, 0.25) is 0 Å². The number of hydrogen-bond acceptors (Lipinski definition) is 2. The summed E-state index contributed by atoms with van der Waals surface area (Å²) in [6, 6.07) is 0. The van der Waals surface area contributed by atoms with Crippen LogP contribution in [0.25, 0.3) is 0 Å². The maximum atomic E-state index is 10.9. The predicted octanol–water partition coefficient (Wildman–Crippen LogP) is 2.83. The molecule has 74 valence electrons. The van der Waals surface area contributed by atoms with Crippen molar-refractivity contribution in [3.63, 3.8) is 0 Å². The van der Waals surface area contributed by atoms with E-state index in [2.05, 4.69) is 19.1 Å². The summed E-state index contributed by atoms with van der Waals surface area (Å²) in [5.74, 6) is -0.0398. The Hall–Kier alpha value is -0.790. The lowest BCUT2D eigenvalue weighted by molar-refractivity contribution is -0.147. The van der Waals surface area contributed by atoms with E-state index >= 15 is 0 Å². The molecule has 1 aliphatic rings. The topological polar surface area (TPSA) is 26.3 Å². The Labute approximate surface area is 80.0 Å². The van der Waals surface area contributed by atoms with Gasteiger partial charge in [-0.15, -0.1) is 0 Å². The van der Waals surface area contributed by atoms with Crippen LogP contribution in [0.2, 0.25) is 0 Å². The highest BCUT2D eigenvalue weighted by atomic mass is 16.6. The van der Waals surface area contributed by atoms with E-state index in [0.29, 0.717) is 6.42 Å². The molecule has 0 aromatic carbocycles. The minimum atomic E-state index is -0.185. The van der Waals surface area contributed by atoms with Crippen LogP contribution in [-0.4, -0.2) is 11.6 Å². The Morgan fingerprint density at radius 3 is 2.85 bits per heavy atom. The van der Waals surface area contributed by atoms with E-state index in [4.69, 9.17) is 4.74 Å². The highest BCUT2D eigenvalue weighted by molar-refractivity contribution is 5.72. The van der Waals surface area contributed by atoms with Gasteiger partial charge in [-0.3, -0.25) is 4.79 Å². The third kappa shape index (κ3) is 3.21. The maximum Gasteiger partial charge on any atom is 0.306 e. The molecule has 0 bridgehead atoms. The zero-order valence-electron chi connectivity index (χ0n) is 8.51. The molecule has 2 heteroatoms. The minimum absolute atomic E-state index is 0.0398. The first-order chi connectivity index (χ1) is 6.16. The molecule has 1 atom stereocenters. The molecule has 0 unspecified atom stereocenters. The molecule has 1 saturated heterocycles. The van der Waals surface area contributed by atoms with Crippen LogP contribution in [0, 0.1) is 0 Å². The molecular formula is C11H18O2. The molecule has 0 saturated carbocycles. The largest absolute Gasteiger partial charge is 0.459 e. The van der Waals surface area contributed by atoms with Gasteiger partial charge in [0.05, 0.1) is 0 Å². The van der Waals surface area contributed by atoms with Gasteiger partial charge in [-0.1, -0.05) is 19.1 Å². The van der Waals surface area contributed by atoms with Gasteiger partial charge in [0.15, 0.2) is 0 Å². The summed E-state index contributed by atoms with van der Waals surface area (Å²) in [6.45, 7) is 4.14. The average molecular weight is 182 g/mol. The van der Waals surface area contributed by atoms with Crippen LogP contribution in [0.5, 0.6) is 0 Å².